The highest BCUT2D eigenvalue weighted by Crippen LogP contribution is 2.03. The fraction of sp³-hybridized carbons (Fsp3) is 0.0556. The van der Waals surface area contributed by atoms with Crippen molar-refractivity contribution in [1.29, 1.82) is 0 Å². The van der Waals surface area contributed by atoms with E-state index in [4.69, 9.17) is 4.74 Å². The zero-order chi connectivity index (χ0) is 15.9. The number of carbonyl (C=O) groups excluding carboxylic acids is 1. The molecule has 1 aromatic heterocycles. The van der Waals surface area contributed by atoms with Gasteiger partial charge in [-0.05, 0) is 23.8 Å². The summed E-state index contributed by atoms with van der Waals surface area (Å²) in [5, 5.41) is 4.69. The molecule has 3 aromatic rings. The van der Waals surface area contributed by atoms with Gasteiger partial charge in [0.05, 0.1) is 17.2 Å². The van der Waals surface area contributed by atoms with Crippen LogP contribution >= 0.6 is 0 Å². The van der Waals surface area contributed by atoms with Crippen molar-refractivity contribution in [1.82, 2.24) is 9.78 Å². The molecule has 0 aliphatic heterocycles. The van der Waals surface area contributed by atoms with E-state index < -0.39 is 6.09 Å². The quantitative estimate of drug-likeness (QED) is 0.747. The lowest BCUT2D eigenvalue weighted by atomic mass is 10.2. The third kappa shape index (κ3) is 4.14. The van der Waals surface area contributed by atoms with Crippen molar-refractivity contribution in [3.05, 3.63) is 90.0 Å². The lowest BCUT2D eigenvalue weighted by Crippen LogP contribution is -2.11. The zero-order valence-electron chi connectivity index (χ0n) is 12.4. The molecule has 23 heavy (non-hydrogen) atoms. The van der Waals surface area contributed by atoms with Crippen molar-refractivity contribution in [2.75, 3.05) is 0 Å². The van der Waals surface area contributed by atoms with E-state index in [1.165, 1.54) is 6.20 Å². The normalized spacial score (nSPS) is 11.2. The summed E-state index contributed by atoms with van der Waals surface area (Å²) in [6, 6.07) is 20.9. The van der Waals surface area contributed by atoms with Crippen LogP contribution in [0.3, 0.4) is 0 Å². The van der Waals surface area contributed by atoms with Gasteiger partial charge in [-0.15, -0.1) is 0 Å². The monoisotopic (exact) mass is 305 g/mol. The molecule has 0 unspecified atom stereocenters. The van der Waals surface area contributed by atoms with E-state index in [1.807, 2.05) is 60.7 Å². The van der Waals surface area contributed by atoms with E-state index in [0.717, 1.165) is 11.3 Å². The number of para-hydroxylation sites is 1. The number of amides is 1. The first kappa shape index (κ1) is 14.7. The Hall–Kier alpha value is -3.21. The van der Waals surface area contributed by atoms with Gasteiger partial charge in [0.15, 0.2) is 0 Å². The molecule has 0 aliphatic rings. The van der Waals surface area contributed by atoms with Gasteiger partial charge in [-0.3, -0.25) is 0 Å². The van der Waals surface area contributed by atoms with Crippen LogP contribution in [0.25, 0.3) is 5.69 Å². The largest absolute Gasteiger partial charge is 0.443 e. The molecule has 0 saturated carbocycles. The zero-order valence-corrected chi connectivity index (χ0v) is 12.4. The van der Waals surface area contributed by atoms with Crippen LogP contribution in [-0.4, -0.2) is 15.9 Å². The van der Waals surface area contributed by atoms with Crippen molar-refractivity contribution in [3.8, 4) is 5.69 Å². The minimum Gasteiger partial charge on any atom is -0.443 e. The molecular formula is C18H15N3O2. The fourth-order valence-corrected chi connectivity index (χ4v) is 2.01. The van der Waals surface area contributed by atoms with Crippen LogP contribution in [0.15, 0.2) is 84.1 Å². The van der Waals surface area contributed by atoms with Crippen molar-refractivity contribution >= 4 is 6.09 Å². The highest BCUT2D eigenvalue weighted by molar-refractivity contribution is 5.68. The highest BCUT2D eigenvalue weighted by Gasteiger charge is 2.00. The summed E-state index contributed by atoms with van der Waals surface area (Å²) in [4.78, 5) is 15.6. The van der Waals surface area contributed by atoms with Crippen LogP contribution in [0.1, 0.15) is 5.56 Å². The molecule has 0 atom stereocenters. The van der Waals surface area contributed by atoms with Crippen LogP contribution in [0, 0.1) is 0 Å². The maximum absolute atomic E-state index is 11.7. The van der Waals surface area contributed by atoms with E-state index in [2.05, 4.69) is 10.1 Å². The van der Waals surface area contributed by atoms with Crippen LogP contribution < -0.4 is 5.36 Å². The average molecular weight is 305 g/mol. The van der Waals surface area contributed by atoms with Crippen LogP contribution in [0.5, 0.6) is 0 Å². The highest BCUT2D eigenvalue weighted by atomic mass is 16.5. The second-order valence-electron chi connectivity index (χ2n) is 4.82. The first-order chi connectivity index (χ1) is 11.3. The molecule has 0 aliphatic carbocycles. The molecule has 5 nitrogen and oxygen atoms in total. The Morgan fingerprint density at radius 1 is 1.00 bits per heavy atom. The van der Waals surface area contributed by atoms with Gasteiger partial charge >= 0.3 is 6.09 Å². The Labute approximate surface area is 133 Å². The number of aromatic nitrogens is 2. The summed E-state index contributed by atoms with van der Waals surface area (Å²) in [5.74, 6) is 0. The number of nitrogens with zero attached hydrogens (tertiary/aromatic N) is 3. The lowest BCUT2D eigenvalue weighted by molar-refractivity contribution is 0.150. The molecule has 1 amide bonds. The van der Waals surface area contributed by atoms with Gasteiger partial charge in [0.2, 0.25) is 0 Å². The average Bonchev–Trinajstić information content (AvgIpc) is 2.62. The van der Waals surface area contributed by atoms with E-state index in [0.29, 0.717) is 5.36 Å². The lowest BCUT2D eigenvalue weighted by Gasteiger charge is -2.03. The molecular weight excluding hydrogens is 290 g/mol. The second-order valence-corrected chi connectivity index (χ2v) is 4.82. The van der Waals surface area contributed by atoms with Crippen LogP contribution in [0.2, 0.25) is 0 Å². The Balaban J connectivity index is 1.66. The predicted octanol–water partition coefficient (Wildman–Crippen LogP) is 3.11. The topological polar surface area (TPSA) is 56.5 Å². The van der Waals surface area contributed by atoms with Crippen LogP contribution in [0.4, 0.5) is 4.79 Å². The summed E-state index contributed by atoms with van der Waals surface area (Å²) in [6.07, 6.45) is 2.64. The predicted molar refractivity (Wildman–Crippen MR) is 85.8 cm³/mol. The van der Waals surface area contributed by atoms with Gasteiger partial charge in [0, 0.05) is 6.20 Å². The Bertz CT molecular complexity index is 822. The summed E-state index contributed by atoms with van der Waals surface area (Å²) in [5.41, 5.74) is 1.86. The molecule has 0 saturated heterocycles. The van der Waals surface area contributed by atoms with Gasteiger partial charge in [0.25, 0.3) is 0 Å². The number of ether oxygens (including phenoxy) is 1. The number of hydrogen-bond donors (Lipinski definition) is 0. The second kappa shape index (κ2) is 7.17. The third-order valence-electron chi connectivity index (χ3n) is 3.15. The SMILES string of the molecule is O=C(/N=c1\ccn(-c2ccccc2)nc1)OCc1ccccc1. The van der Waals surface area contributed by atoms with Gasteiger partial charge < -0.3 is 4.74 Å². The smallest absolute Gasteiger partial charge is 0.434 e. The molecule has 0 radical (unpaired) electrons. The standard InChI is InChI=1S/C18H15N3O2/c22-18(23-14-15-7-3-1-4-8-15)20-16-11-12-21(19-13-16)17-9-5-2-6-10-17/h1-13H,14H2/b20-16+. The van der Waals surface area contributed by atoms with Gasteiger partial charge in [0.1, 0.15) is 6.61 Å². The molecule has 0 bridgehead atoms. The molecule has 1 heterocycles. The molecule has 5 heteroatoms. The first-order valence-electron chi connectivity index (χ1n) is 7.17. The Morgan fingerprint density at radius 3 is 2.35 bits per heavy atom. The molecule has 114 valence electrons. The minimum absolute atomic E-state index is 0.202. The van der Waals surface area contributed by atoms with Crippen molar-refractivity contribution in [3.63, 3.8) is 0 Å². The van der Waals surface area contributed by atoms with Crippen molar-refractivity contribution in [2.24, 2.45) is 4.99 Å². The maximum Gasteiger partial charge on any atom is 0.434 e. The molecule has 0 fully saturated rings. The van der Waals surface area contributed by atoms with Crippen molar-refractivity contribution < 1.29 is 9.53 Å². The molecule has 2 aromatic carbocycles. The Morgan fingerprint density at radius 2 is 1.70 bits per heavy atom. The summed E-state index contributed by atoms with van der Waals surface area (Å²) in [7, 11) is 0. The number of hydrogen-bond acceptors (Lipinski definition) is 3. The van der Waals surface area contributed by atoms with Crippen molar-refractivity contribution in [2.45, 2.75) is 6.61 Å². The summed E-state index contributed by atoms with van der Waals surface area (Å²) < 4.78 is 6.81. The molecule has 0 spiro atoms. The minimum atomic E-state index is -0.631. The number of carbonyl (C=O) groups is 1. The fourth-order valence-electron chi connectivity index (χ4n) is 2.01. The maximum atomic E-state index is 11.7. The number of benzene rings is 2. The molecule has 0 N–H and O–H groups in total. The first-order valence-corrected chi connectivity index (χ1v) is 7.17. The summed E-state index contributed by atoms with van der Waals surface area (Å²) in [6.45, 7) is 0.202. The van der Waals surface area contributed by atoms with Gasteiger partial charge in [-0.25, -0.2) is 9.48 Å². The van der Waals surface area contributed by atoms with E-state index in [-0.39, 0.29) is 6.61 Å². The van der Waals surface area contributed by atoms with E-state index >= 15 is 0 Å². The van der Waals surface area contributed by atoms with Gasteiger partial charge in [-0.2, -0.15) is 10.1 Å². The van der Waals surface area contributed by atoms with Crippen LogP contribution in [-0.2, 0) is 11.3 Å². The third-order valence-corrected chi connectivity index (χ3v) is 3.15. The Kier molecular flexibility index (Phi) is 4.59. The van der Waals surface area contributed by atoms with Gasteiger partial charge in [-0.1, -0.05) is 48.5 Å². The molecule has 3 rings (SSSR count). The van der Waals surface area contributed by atoms with E-state index in [9.17, 15) is 4.79 Å². The number of rotatable bonds is 3. The summed E-state index contributed by atoms with van der Waals surface area (Å²) >= 11 is 0. The van der Waals surface area contributed by atoms with E-state index in [1.54, 1.807) is 16.9 Å².